The van der Waals surface area contributed by atoms with E-state index >= 15 is 0 Å². The summed E-state index contributed by atoms with van der Waals surface area (Å²) in [5.41, 5.74) is 7.41. The van der Waals surface area contributed by atoms with Crippen molar-refractivity contribution in [1.82, 2.24) is 4.98 Å². The number of amides is 1. The molecule has 0 aliphatic heterocycles. The highest BCUT2D eigenvalue weighted by atomic mass is 32.1. The van der Waals surface area contributed by atoms with Crippen molar-refractivity contribution in [2.45, 2.75) is 19.4 Å². The van der Waals surface area contributed by atoms with Gasteiger partial charge < -0.3 is 15.8 Å². The molecule has 0 saturated heterocycles. The molecule has 2 aromatic rings. The van der Waals surface area contributed by atoms with Gasteiger partial charge in [0, 0.05) is 11.4 Å². The lowest BCUT2D eigenvalue weighted by Crippen LogP contribution is -2.14. The number of ether oxygens (including phenoxy) is 1. The molecule has 1 aromatic carbocycles. The smallest absolute Gasteiger partial charge is 0.230 e. The van der Waals surface area contributed by atoms with Gasteiger partial charge in [-0.1, -0.05) is 12.1 Å². The molecule has 0 aliphatic carbocycles. The van der Waals surface area contributed by atoms with E-state index in [1.54, 1.807) is 7.11 Å². The van der Waals surface area contributed by atoms with Gasteiger partial charge in [0.25, 0.3) is 0 Å². The second-order valence-electron chi connectivity index (χ2n) is 4.44. The van der Waals surface area contributed by atoms with E-state index in [2.05, 4.69) is 10.3 Å². The molecular formula is C14H17N3O2S. The maximum absolute atomic E-state index is 11.9. The number of hydrogen-bond donors (Lipinski definition) is 2. The van der Waals surface area contributed by atoms with E-state index in [1.807, 2.05) is 36.6 Å². The Hall–Kier alpha value is -1.92. The predicted octanol–water partition coefficient (Wildman–Crippen LogP) is 2.35. The molecule has 0 radical (unpaired) electrons. The number of benzene rings is 1. The van der Waals surface area contributed by atoms with Crippen LogP contribution in [-0.2, 0) is 11.2 Å². The van der Waals surface area contributed by atoms with Crippen LogP contribution in [0.1, 0.15) is 24.2 Å². The first-order chi connectivity index (χ1) is 9.58. The zero-order valence-electron chi connectivity index (χ0n) is 11.4. The Morgan fingerprint density at radius 1 is 1.55 bits per heavy atom. The minimum absolute atomic E-state index is 0.108. The van der Waals surface area contributed by atoms with Crippen molar-refractivity contribution in [3.63, 3.8) is 0 Å². The maximum Gasteiger partial charge on any atom is 0.230 e. The zero-order valence-corrected chi connectivity index (χ0v) is 12.2. The van der Waals surface area contributed by atoms with Crippen LogP contribution in [0.4, 0.5) is 5.13 Å². The lowest BCUT2D eigenvalue weighted by atomic mass is 10.1. The van der Waals surface area contributed by atoms with Gasteiger partial charge in [-0.15, -0.1) is 11.3 Å². The number of thiazole rings is 1. The fourth-order valence-corrected chi connectivity index (χ4v) is 2.51. The molecule has 20 heavy (non-hydrogen) atoms. The minimum Gasteiger partial charge on any atom is -0.497 e. The Morgan fingerprint density at radius 3 is 3.00 bits per heavy atom. The first-order valence-corrected chi connectivity index (χ1v) is 7.10. The summed E-state index contributed by atoms with van der Waals surface area (Å²) in [5.74, 6) is 0.632. The molecule has 0 saturated carbocycles. The summed E-state index contributed by atoms with van der Waals surface area (Å²) in [5, 5.41) is 5.20. The Kier molecular flexibility index (Phi) is 4.70. The van der Waals surface area contributed by atoms with Crippen LogP contribution in [0.2, 0.25) is 0 Å². The van der Waals surface area contributed by atoms with Crippen molar-refractivity contribution in [2.24, 2.45) is 5.73 Å². The van der Waals surface area contributed by atoms with E-state index in [9.17, 15) is 4.79 Å². The summed E-state index contributed by atoms with van der Waals surface area (Å²) in [7, 11) is 1.60. The molecule has 1 heterocycles. The number of nitrogens with two attached hydrogens (primary N) is 1. The number of carbonyl (C=O) groups excluding carboxylic acids is 1. The van der Waals surface area contributed by atoms with E-state index in [4.69, 9.17) is 10.5 Å². The number of aromatic nitrogens is 1. The second kappa shape index (κ2) is 6.49. The van der Waals surface area contributed by atoms with Crippen LogP contribution in [0.15, 0.2) is 29.6 Å². The third kappa shape index (κ3) is 3.79. The normalized spacial score (nSPS) is 11.9. The number of carbonyl (C=O) groups is 1. The Labute approximate surface area is 121 Å². The van der Waals surface area contributed by atoms with Gasteiger partial charge in [-0.25, -0.2) is 4.98 Å². The Bertz CT molecular complexity index is 596. The van der Waals surface area contributed by atoms with Crippen LogP contribution in [0.25, 0.3) is 0 Å². The third-order valence-corrected chi connectivity index (χ3v) is 3.51. The van der Waals surface area contributed by atoms with Crippen molar-refractivity contribution in [1.29, 1.82) is 0 Å². The van der Waals surface area contributed by atoms with E-state index < -0.39 is 0 Å². The number of nitrogens with one attached hydrogen (secondary N) is 1. The Balaban J connectivity index is 1.97. The fraction of sp³-hybridized carbons (Fsp3) is 0.286. The van der Waals surface area contributed by atoms with Crippen LogP contribution >= 0.6 is 11.3 Å². The highest BCUT2D eigenvalue weighted by molar-refractivity contribution is 7.13. The van der Waals surface area contributed by atoms with E-state index in [0.29, 0.717) is 5.13 Å². The van der Waals surface area contributed by atoms with E-state index in [1.165, 1.54) is 11.3 Å². The lowest BCUT2D eigenvalue weighted by Gasteiger charge is -2.04. The molecule has 0 bridgehead atoms. The molecular weight excluding hydrogens is 274 g/mol. The SMILES string of the molecule is COc1cccc(CC(=O)Nc2nc(C(C)N)cs2)c1. The topological polar surface area (TPSA) is 77.2 Å². The lowest BCUT2D eigenvalue weighted by molar-refractivity contribution is -0.115. The van der Waals surface area contributed by atoms with E-state index in [0.717, 1.165) is 17.0 Å². The van der Waals surface area contributed by atoms with Crippen LogP contribution in [0.3, 0.4) is 0 Å². The highest BCUT2D eigenvalue weighted by Gasteiger charge is 2.09. The number of rotatable bonds is 5. The molecule has 3 N–H and O–H groups in total. The third-order valence-electron chi connectivity index (χ3n) is 2.73. The Morgan fingerprint density at radius 2 is 2.35 bits per heavy atom. The molecule has 5 nitrogen and oxygen atoms in total. The van der Waals surface area contributed by atoms with Crippen molar-refractivity contribution >= 4 is 22.4 Å². The number of hydrogen-bond acceptors (Lipinski definition) is 5. The molecule has 106 valence electrons. The molecule has 2 rings (SSSR count). The van der Waals surface area contributed by atoms with Crippen molar-refractivity contribution in [3.05, 3.63) is 40.9 Å². The molecule has 0 spiro atoms. The van der Waals surface area contributed by atoms with Gasteiger partial charge in [0.1, 0.15) is 5.75 Å². The van der Waals surface area contributed by atoms with Crippen molar-refractivity contribution < 1.29 is 9.53 Å². The number of anilines is 1. The largest absolute Gasteiger partial charge is 0.497 e. The molecule has 0 aliphatic rings. The monoisotopic (exact) mass is 291 g/mol. The van der Waals surface area contributed by atoms with E-state index in [-0.39, 0.29) is 18.4 Å². The quantitative estimate of drug-likeness (QED) is 0.886. The van der Waals surface area contributed by atoms with Gasteiger partial charge in [-0.2, -0.15) is 0 Å². The second-order valence-corrected chi connectivity index (χ2v) is 5.30. The average Bonchev–Trinajstić information content (AvgIpc) is 2.87. The summed E-state index contributed by atoms with van der Waals surface area (Å²) >= 11 is 1.38. The molecule has 1 atom stereocenters. The highest BCUT2D eigenvalue weighted by Crippen LogP contribution is 2.19. The first kappa shape index (κ1) is 14.5. The summed E-state index contributed by atoms with van der Waals surface area (Å²) in [6, 6.07) is 7.30. The molecule has 6 heteroatoms. The van der Waals surface area contributed by atoms with Crippen LogP contribution in [0, 0.1) is 0 Å². The van der Waals surface area contributed by atoms with Gasteiger partial charge in [-0.05, 0) is 24.6 Å². The average molecular weight is 291 g/mol. The molecule has 1 unspecified atom stereocenters. The van der Waals surface area contributed by atoms with Gasteiger partial charge in [-0.3, -0.25) is 4.79 Å². The standard InChI is InChI=1S/C14H17N3O2S/c1-9(15)12-8-20-14(16-12)17-13(18)7-10-4-3-5-11(6-10)19-2/h3-6,8-9H,7,15H2,1-2H3,(H,16,17,18). The van der Waals surface area contributed by atoms with Gasteiger partial charge >= 0.3 is 0 Å². The zero-order chi connectivity index (χ0) is 14.5. The van der Waals surface area contributed by atoms with Crippen LogP contribution in [-0.4, -0.2) is 18.0 Å². The van der Waals surface area contributed by atoms with Gasteiger partial charge in [0.05, 0.1) is 19.2 Å². The van der Waals surface area contributed by atoms with Gasteiger partial charge in [0.2, 0.25) is 5.91 Å². The summed E-state index contributed by atoms with van der Waals surface area (Å²) in [4.78, 5) is 16.2. The van der Waals surface area contributed by atoms with Crippen LogP contribution in [0.5, 0.6) is 5.75 Å². The first-order valence-electron chi connectivity index (χ1n) is 6.22. The maximum atomic E-state index is 11.9. The molecule has 1 amide bonds. The molecule has 0 fully saturated rings. The molecule has 1 aromatic heterocycles. The van der Waals surface area contributed by atoms with Gasteiger partial charge in [0.15, 0.2) is 5.13 Å². The fourth-order valence-electron chi connectivity index (χ4n) is 1.68. The number of nitrogens with zero attached hydrogens (tertiary/aromatic N) is 1. The summed E-state index contributed by atoms with van der Waals surface area (Å²) in [6.45, 7) is 1.86. The summed E-state index contributed by atoms with van der Waals surface area (Å²) in [6.07, 6.45) is 0.282. The number of methoxy groups -OCH3 is 1. The predicted molar refractivity (Wildman–Crippen MR) is 80.0 cm³/mol. The van der Waals surface area contributed by atoms with Crippen molar-refractivity contribution in [2.75, 3.05) is 12.4 Å². The van der Waals surface area contributed by atoms with Crippen LogP contribution < -0.4 is 15.8 Å². The van der Waals surface area contributed by atoms with Crippen molar-refractivity contribution in [3.8, 4) is 5.75 Å². The minimum atomic E-state index is -0.129. The summed E-state index contributed by atoms with van der Waals surface area (Å²) < 4.78 is 5.13.